The highest BCUT2D eigenvalue weighted by atomic mass is 16.5. The topological polar surface area (TPSA) is 26.3 Å². The van der Waals surface area contributed by atoms with Crippen molar-refractivity contribution in [3.05, 3.63) is 116 Å². The summed E-state index contributed by atoms with van der Waals surface area (Å²) >= 11 is 0. The van der Waals surface area contributed by atoms with E-state index >= 15 is 0 Å². The maximum absolute atomic E-state index is 12.2. The molecule has 2 nitrogen and oxygen atoms in total. The molecular formula is C31H20O2. The number of carbonyl (C=O) groups excluding carboxylic acids is 1. The van der Waals surface area contributed by atoms with Gasteiger partial charge in [0.1, 0.15) is 5.75 Å². The van der Waals surface area contributed by atoms with Crippen molar-refractivity contribution < 1.29 is 9.53 Å². The average molecular weight is 424 g/mol. The zero-order valence-corrected chi connectivity index (χ0v) is 17.9. The van der Waals surface area contributed by atoms with Gasteiger partial charge in [-0.05, 0) is 79.0 Å². The summed E-state index contributed by atoms with van der Waals surface area (Å²) in [6, 6.07) is 35.7. The van der Waals surface area contributed by atoms with E-state index in [0.29, 0.717) is 5.75 Å². The Morgan fingerprint density at radius 2 is 1.15 bits per heavy atom. The third kappa shape index (κ3) is 3.24. The van der Waals surface area contributed by atoms with Crippen LogP contribution in [0.5, 0.6) is 5.75 Å². The highest BCUT2D eigenvalue weighted by Crippen LogP contribution is 2.42. The zero-order valence-electron chi connectivity index (χ0n) is 17.9. The lowest BCUT2D eigenvalue weighted by atomic mass is 9.90. The third-order valence-electron chi connectivity index (χ3n) is 6.24. The monoisotopic (exact) mass is 424 g/mol. The predicted molar refractivity (Wildman–Crippen MR) is 138 cm³/mol. The van der Waals surface area contributed by atoms with Crippen LogP contribution < -0.4 is 4.74 Å². The van der Waals surface area contributed by atoms with Gasteiger partial charge in [-0.3, -0.25) is 0 Å². The largest absolute Gasteiger partial charge is 0.423 e. The number of benzene rings is 6. The lowest BCUT2D eigenvalue weighted by molar-refractivity contribution is -0.128. The van der Waals surface area contributed by atoms with Crippen molar-refractivity contribution in [3.63, 3.8) is 0 Å². The Morgan fingerprint density at radius 1 is 0.606 bits per heavy atom. The fourth-order valence-electron chi connectivity index (χ4n) is 4.69. The fourth-order valence-corrected chi connectivity index (χ4v) is 4.69. The summed E-state index contributed by atoms with van der Waals surface area (Å²) in [6.07, 6.45) is 1.20. The molecule has 156 valence electrons. The first-order valence-corrected chi connectivity index (χ1v) is 10.9. The molecular weight excluding hydrogens is 404 g/mol. The molecule has 0 saturated carbocycles. The first kappa shape index (κ1) is 19.3. The van der Waals surface area contributed by atoms with Crippen LogP contribution in [0, 0.1) is 0 Å². The number of rotatable bonds is 3. The normalized spacial score (nSPS) is 11.3. The minimum atomic E-state index is -0.470. The van der Waals surface area contributed by atoms with E-state index in [1.54, 1.807) is 0 Å². The van der Waals surface area contributed by atoms with Crippen LogP contribution >= 0.6 is 0 Å². The Morgan fingerprint density at radius 3 is 1.79 bits per heavy atom. The molecule has 0 N–H and O–H groups in total. The second kappa shape index (κ2) is 7.61. The summed E-state index contributed by atoms with van der Waals surface area (Å²) in [7, 11) is 0. The number of hydrogen-bond donors (Lipinski definition) is 0. The molecule has 33 heavy (non-hydrogen) atoms. The van der Waals surface area contributed by atoms with Crippen LogP contribution in [-0.4, -0.2) is 5.97 Å². The molecule has 0 saturated heterocycles. The van der Waals surface area contributed by atoms with Crippen molar-refractivity contribution in [2.75, 3.05) is 0 Å². The van der Waals surface area contributed by atoms with Crippen LogP contribution in [0.15, 0.2) is 116 Å². The van der Waals surface area contributed by atoms with Gasteiger partial charge < -0.3 is 4.74 Å². The van der Waals surface area contributed by atoms with E-state index < -0.39 is 5.97 Å². The summed E-state index contributed by atoms with van der Waals surface area (Å²) < 4.78 is 5.75. The van der Waals surface area contributed by atoms with Gasteiger partial charge in [0.05, 0.1) is 0 Å². The molecule has 0 unspecified atom stereocenters. The summed E-state index contributed by atoms with van der Waals surface area (Å²) in [5, 5.41) is 9.10. The van der Waals surface area contributed by atoms with Crippen molar-refractivity contribution >= 4 is 49.1 Å². The van der Waals surface area contributed by atoms with Crippen LogP contribution in [-0.2, 0) is 4.79 Å². The number of esters is 1. The van der Waals surface area contributed by atoms with E-state index in [1.807, 2.05) is 24.3 Å². The summed E-state index contributed by atoms with van der Waals surface area (Å²) in [6.45, 7) is 3.57. The van der Waals surface area contributed by atoms with Crippen molar-refractivity contribution in [1.29, 1.82) is 0 Å². The molecule has 0 aliphatic heterocycles. The lowest BCUT2D eigenvalue weighted by Crippen LogP contribution is -2.04. The van der Waals surface area contributed by atoms with E-state index in [2.05, 4.69) is 85.4 Å². The van der Waals surface area contributed by atoms with E-state index in [-0.39, 0.29) is 0 Å². The first-order valence-electron chi connectivity index (χ1n) is 10.9. The van der Waals surface area contributed by atoms with Gasteiger partial charge in [-0.25, -0.2) is 4.79 Å². The van der Waals surface area contributed by atoms with Crippen molar-refractivity contribution in [2.24, 2.45) is 0 Å². The molecule has 0 heterocycles. The fraction of sp³-hybridized carbons (Fsp3) is 0. The molecule has 6 aromatic rings. The average Bonchev–Trinajstić information content (AvgIpc) is 2.86. The zero-order chi connectivity index (χ0) is 22.4. The number of ether oxygens (including phenoxy) is 1. The second-order valence-electron chi connectivity index (χ2n) is 8.21. The Kier molecular flexibility index (Phi) is 4.44. The lowest BCUT2D eigenvalue weighted by Gasteiger charge is -2.16. The Hall–Kier alpha value is -4.43. The standard InChI is InChI=1S/C31H20O2/c1-2-30(32)33-29-15-14-25-17-21-9-4-6-11-23(21)19-28(25)31(29)26-13-7-12-24-16-20-8-3-5-10-22(20)18-27(24)26/h2-19H,1H2. The van der Waals surface area contributed by atoms with Crippen LogP contribution in [0.1, 0.15) is 0 Å². The molecule has 0 spiro atoms. The molecule has 0 aliphatic rings. The third-order valence-corrected chi connectivity index (χ3v) is 6.24. The maximum atomic E-state index is 12.2. The van der Waals surface area contributed by atoms with Crippen LogP contribution in [0.4, 0.5) is 0 Å². The second-order valence-corrected chi connectivity index (χ2v) is 8.21. The summed E-state index contributed by atoms with van der Waals surface area (Å²) in [5.74, 6) is 0.0606. The molecule has 0 bridgehead atoms. The number of fused-ring (bicyclic) bond motifs is 4. The molecule has 0 radical (unpaired) electrons. The van der Waals surface area contributed by atoms with Gasteiger partial charge in [0, 0.05) is 11.6 Å². The van der Waals surface area contributed by atoms with Crippen LogP contribution in [0.2, 0.25) is 0 Å². The van der Waals surface area contributed by atoms with E-state index in [4.69, 9.17) is 4.74 Å². The molecule has 6 aromatic carbocycles. The van der Waals surface area contributed by atoms with Crippen LogP contribution in [0.3, 0.4) is 0 Å². The van der Waals surface area contributed by atoms with Gasteiger partial charge in [0.25, 0.3) is 0 Å². The molecule has 0 atom stereocenters. The smallest absolute Gasteiger partial charge is 0.335 e. The van der Waals surface area contributed by atoms with Gasteiger partial charge >= 0.3 is 5.97 Å². The minimum absolute atomic E-state index is 0.470. The Balaban J connectivity index is 1.74. The maximum Gasteiger partial charge on any atom is 0.335 e. The van der Waals surface area contributed by atoms with Crippen molar-refractivity contribution in [1.82, 2.24) is 0 Å². The van der Waals surface area contributed by atoms with Crippen LogP contribution in [0.25, 0.3) is 54.2 Å². The molecule has 2 heteroatoms. The number of carbonyl (C=O) groups is 1. The van der Waals surface area contributed by atoms with Gasteiger partial charge in [0.15, 0.2) is 0 Å². The number of hydrogen-bond acceptors (Lipinski definition) is 2. The Bertz CT molecular complexity index is 1730. The highest BCUT2D eigenvalue weighted by molar-refractivity contribution is 6.13. The molecule has 6 rings (SSSR count). The SMILES string of the molecule is C=CC(=O)Oc1ccc2cc3ccccc3cc2c1-c1cccc2cc3ccccc3cc12. The van der Waals surface area contributed by atoms with E-state index in [9.17, 15) is 4.79 Å². The quantitative estimate of drug-likeness (QED) is 0.124. The van der Waals surface area contributed by atoms with E-state index in [0.717, 1.165) is 38.1 Å². The molecule has 0 amide bonds. The molecule has 0 aliphatic carbocycles. The Labute approximate surface area is 191 Å². The molecule has 0 aromatic heterocycles. The minimum Gasteiger partial charge on any atom is -0.423 e. The molecule has 0 fully saturated rings. The predicted octanol–water partition coefficient (Wildman–Crippen LogP) is 8.06. The van der Waals surface area contributed by atoms with E-state index in [1.165, 1.54) is 22.2 Å². The van der Waals surface area contributed by atoms with Gasteiger partial charge in [0.2, 0.25) is 0 Å². The van der Waals surface area contributed by atoms with Crippen molar-refractivity contribution in [3.8, 4) is 16.9 Å². The van der Waals surface area contributed by atoms with Crippen molar-refractivity contribution in [2.45, 2.75) is 0 Å². The van der Waals surface area contributed by atoms with Gasteiger partial charge in [-0.2, -0.15) is 0 Å². The van der Waals surface area contributed by atoms with Gasteiger partial charge in [-0.15, -0.1) is 0 Å². The summed E-state index contributed by atoms with van der Waals surface area (Å²) in [4.78, 5) is 12.2. The van der Waals surface area contributed by atoms with Gasteiger partial charge in [-0.1, -0.05) is 79.4 Å². The summed E-state index contributed by atoms with van der Waals surface area (Å²) in [5.41, 5.74) is 1.94. The highest BCUT2D eigenvalue weighted by Gasteiger charge is 2.17. The first-order chi connectivity index (χ1) is 16.2.